The molecule has 21 heavy (non-hydrogen) atoms. The summed E-state index contributed by atoms with van der Waals surface area (Å²) < 4.78 is 1.76. The smallest absolute Gasteiger partial charge is 0.270 e. The SMILES string of the molecule is O=C(NCCCn1cccn1)c1cc([N+](=O)[O-])ccc1Cl. The molecule has 0 aliphatic rings. The van der Waals surface area contributed by atoms with E-state index in [4.69, 9.17) is 11.6 Å². The minimum atomic E-state index is -0.565. The van der Waals surface area contributed by atoms with Gasteiger partial charge in [-0.2, -0.15) is 5.10 Å². The number of non-ortho nitro benzene ring substituents is 1. The van der Waals surface area contributed by atoms with E-state index in [9.17, 15) is 14.9 Å². The second-order valence-corrected chi connectivity index (χ2v) is 4.71. The summed E-state index contributed by atoms with van der Waals surface area (Å²) in [6.07, 6.45) is 4.21. The molecule has 0 saturated carbocycles. The Labute approximate surface area is 125 Å². The van der Waals surface area contributed by atoms with E-state index in [2.05, 4.69) is 10.4 Å². The van der Waals surface area contributed by atoms with Gasteiger partial charge in [0.05, 0.1) is 15.5 Å². The maximum absolute atomic E-state index is 12.0. The van der Waals surface area contributed by atoms with Gasteiger partial charge in [0.25, 0.3) is 11.6 Å². The van der Waals surface area contributed by atoms with Crippen molar-refractivity contribution in [3.8, 4) is 0 Å². The number of halogens is 1. The monoisotopic (exact) mass is 308 g/mol. The van der Waals surface area contributed by atoms with Gasteiger partial charge in [0.1, 0.15) is 0 Å². The number of benzene rings is 1. The molecule has 1 aromatic heterocycles. The maximum atomic E-state index is 12.0. The highest BCUT2D eigenvalue weighted by molar-refractivity contribution is 6.33. The molecule has 8 heteroatoms. The molecule has 0 spiro atoms. The van der Waals surface area contributed by atoms with Gasteiger partial charge in [0, 0.05) is 37.6 Å². The number of aromatic nitrogens is 2. The predicted molar refractivity (Wildman–Crippen MR) is 77.3 cm³/mol. The van der Waals surface area contributed by atoms with Crippen LogP contribution in [0.3, 0.4) is 0 Å². The highest BCUT2D eigenvalue weighted by atomic mass is 35.5. The van der Waals surface area contributed by atoms with Gasteiger partial charge in [-0.25, -0.2) is 0 Å². The number of nitrogens with zero attached hydrogens (tertiary/aromatic N) is 3. The first-order valence-electron chi connectivity index (χ1n) is 6.27. The summed E-state index contributed by atoms with van der Waals surface area (Å²) in [5.74, 6) is -0.427. The van der Waals surface area contributed by atoms with Crippen LogP contribution in [0.25, 0.3) is 0 Å². The number of amides is 1. The molecule has 1 aromatic carbocycles. The second kappa shape index (κ2) is 6.85. The van der Waals surface area contributed by atoms with Crippen molar-refractivity contribution >= 4 is 23.2 Å². The molecule has 1 amide bonds. The van der Waals surface area contributed by atoms with Crippen LogP contribution in [0.5, 0.6) is 0 Å². The Morgan fingerprint density at radius 2 is 2.29 bits per heavy atom. The standard InChI is InChI=1S/C13H13ClN4O3/c14-12-4-3-10(18(20)21)9-11(12)13(19)15-5-1-7-17-8-2-6-16-17/h2-4,6,8-9H,1,5,7H2,(H,15,19). The molecule has 0 aliphatic heterocycles. The molecule has 0 aliphatic carbocycles. The third-order valence-corrected chi connectivity index (χ3v) is 3.14. The van der Waals surface area contributed by atoms with Crippen molar-refractivity contribution in [3.05, 3.63) is 57.4 Å². The van der Waals surface area contributed by atoms with Crippen LogP contribution in [0.2, 0.25) is 5.02 Å². The lowest BCUT2D eigenvalue weighted by Crippen LogP contribution is -2.25. The van der Waals surface area contributed by atoms with Crippen molar-refractivity contribution in [2.45, 2.75) is 13.0 Å². The van der Waals surface area contributed by atoms with E-state index >= 15 is 0 Å². The fourth-order valence-corrected chi connectivity index (χ4v) is 1.98. The lowest BCUT2D eigenvalue weighted by Gasteiger charge is -2.07. The maximum Gasteiger partial charge on any atom is 0.270 e. The van der Waals surface area contributed by atoms with E-state index in [1.54, 1.807) is 10.9 Å². The lowest BCUT2D eigenvalue weighted by molar-refractivity contribution is -0.384. The van der Waals surface area contributed by atoms with Gasteiger partial charge in [0.2, 0.25) is 0 Å². The molecule has 0 atom stereocenters. The van der Waals surface area contributed by atoms with Crippen LogP contribution >= 0.6 is 11.6 Å². The molecule has 7 nitrogen and oxygen atoms in total. The largest absolute Gasteiger partial charge is 0.352 e. The number of nitro groups is 1. The van der Waals surface area contributed by atoms with E-state index in [0.717, 1.165) is 0 Å². The summed E-state index contributed by atoms with van der Waals surface area (Å²) in [5, 5.41) is 17.6. The van der Waals surface area contributed by atoms with Crippen LogP contribution < -0.4 is 5.32 Å². The molecule has 1 N–H and O–H groups in total. The van der Waals surface area contributed by atoms with Crippen LogP contribution in [0, 0.1) is 10.1 Å². The van der Waals surface area contributed by atoms with Gasteiger partial charge in [-0.1, -0.05) is 11.6 Å². The first-order chi connectivity index (χ1) is 10.1. The van der Waals surface area contributed by atoms with Crippen molar-refractivity contribution in [3.63, 3.8) is 0 Å². The van der Waals surface area contributed by atoms with E-state index in [0.29, 0.717) is 19.5 Å². The summed E-state index contributed by atoms with van der Waals surface area (Å²) in [6.45, 7) is 1.10. The van der Waals surface area contributed by atoms with Gasteiger partial charge in [-0.3, -0.25) is 19.6 Å². The molecule has 110 valence electrons. The normalized spacial score (nSPS) is 10.3. The quantitative estimate of drug-likeness (QED) is 0.503. The predicted octanol–water partition coefficient (Wildman–Crippen LogP) is 2.26. The summed E-state index contributed by atoms with van der Waals surface area (Å²) in [4.78, 5) is 22.1. The summed E-state index contributed by atoms with van der Waals surface area (Å²) in [6, 6.07) is 5.60. The first kappa shape index (κ1) is 15.0. The topological polar surface area (TPSA) is 90.1 Å². The Balaban J connectivity index is 1.90. The van der Waals surface area contributed by atoms with Crippen LogP contribution in [-0.2, 0) is 6.54 Å². The van der Waals surface area contributed by atoms with Gasteiger partial charge in [-0.15, -0.1) is 0 Å². The van der Waals surface area contributed by atoms with Gasteiger partial charge >= 0.3 is 0 Å². The Bertz CT molecular complexity index is 643. The van der Waals surface area contributed by atoms with Gasteiger partial charge in [-0.05, 0) is 18.6 Å². The summed E-state index contributed by atoms with van der Waals surface area (Å²) in [7, 11) is 0. The molecular formula is C13H13ClN4O3. The number of nitro benzene ring substituents is 1. The zero-order valence-electron chi connectivity index (χ0n) is 11.0. The van der Waals surface area contributed by atoms with E-state index in [-0.39, 0.29) is 16.3 Å². The van der Waals surface area contributed by atoms with Crippen molar-refractivity contribution in [1.82, 2.24) is 15.1 Å². The molecular weight excluding hydrogens is 296 g/mol. The summed E-state index contributed by atoms with van der Waals surface area (Å²) >= 11 is 5.89. The number of nitrogens with one attached hydrogen (secondary N) is 1. The average molecular weight is 309 g/mol. The highest BCUT2D eigenvalue weighted by Crippen LogP contribution is 2.21. The number of rotatable bonds is 6. The van der Waals surface area contributed by atoms with Crippen LogP contribution in [-0.4, -0.2) is 27.2 Å². The van der Waals surface area contributed by atoms with Crippen LogP contribution in [0.4, 0.5) is 5.69 Å². The molecule has 0 bridgehead atoms. The minimum Gasteiger partial charge on any atom is -0.352 e. The molecule has 2 aromatic rings. The number of hydrogen-bond acceptors (Lipinski definition) is 4. The number of aryl methyl sites for hydroxylation is 1. The highest BCUT2D eigenvalue weighted by Gasteiger charge is 2.15. The van der Waals surface area contributed by atoms with Crippen molar-refractivity contribution in [2.24, 2.45) is 0 Å². The average Bonchev–Trinajstić information content (AvgIpc) is 2.96. The third-order valence-electron chi connectivity index (χ3n) is 2.81. The van der Waals surface area contributed by atoms with E-state index in [1.807, 2.05) is 12.3 Å². The van der Waals surface area contributed by atoms with Crippen molar-refractivity contribution < 1.29 is 9.72 Å². The summed E-state index contributed by atoms with van der Waals surface area (Å²) in [5.41, 5.74) is -0.0638. The molecule has 0 saturated heterocycles. The second-order valence-electron chi connectivity index (χ2n) is 4.30. The molecule has 0 fully saturated rings. The van der Waals surface area contributed by atoms with Gasteiger partial charge < -0.3 is 5.32 Å². The minimum absolute atomic E-state index is 0.102. The molecule has 1 heterocycles. The fraction of sp³-hybridized carbons (Fsp3) is 0.231. The van der Waals surface area contributed by atoms with E-state index in [1.165, 1.54) is 18.2 Å². The zero-order chi connectivity index (χ0) is 15.2. The molecule has 0 unspecified atom stereocenters. The molecule has 2 rings (SSSR count). The Morgan fingerprint density at radius 3 is 2.95 bits per heavy atom. The van der Waals surface area contributed by atoms with E-state index < -0.39 is 10.8 Å². The van der Waals surface area contributed by atoms with Crippen LogP contribution in [0.15, 0.2) is 36.7 Å². The Morgan fingerprint density at radius 1 is 1.48 bits per heavy atom. The first-order valence-corrected chi connectivity index (χ1v) is 6.65. The van der Waals surface area contributed by atoms with Crippen molar-refractivity contribution in [1.29, 1.82) is 0 Å². The zero-order valence-corrected chi connectivity index (χ0v) is 11.8. The number of carbonyl (C=O) groups is 1. The fourth-order valence-electron chi connectivity index (χ4n) is 1.77. The lowest BCUT2D eigenvalue weighted by atomic mass is 10.2. The van der Waals surface area contributed by atoms with Crippen molar-refractivity contribution in [2.75, 3.05) is 6.54 Å². The third kappa shape index (κ3) is 4.03. The molecule has 0 radical (unpaired) electrons. The van der Waals surface area contributed by atoms with Crippen LogP contribution in [0.1, 0.15) is 16.8 Å². The Hall–Kier alpha value is -2.41. The Kier molecular flexibility index (Phi) is 4.89. The van der Waals surface area contributed by atoms with Gasteiger partial charge in [0.15, 0.2) is 0 Å². The number of hydrogen-bond donors (Lipinski definition) is 1. The number of carbonyl (C=O) groups excluding carboxylic acids is 1.